The van der Waals surface area contributed by atoms with Gasteiger partial charge in [0.05, 0.1) is 17.8 Å². The van der Waals surface area contributed by atoms with E-state index in [4.69, 9.17) is 5.73 Å². The van der Waals surface area contributed by atoms with Crippen LogP contribution < -0.4 is 11.1 Å². The standard InChI is InChI=1S/C11H17F3N4O/c1-2-4-16-9(10(15)19)3-5-18-7-8(6-17-18)11(12,13)14/h6-7,9,16H,2-5H2,1H3,(H2,15,19). The molecular formula is C11H17F3N4O. The van der Waals surface area contributed by atoms with Crippen LogP contribution in [0.2, 0.25) is 0 Å². The number of alkyl halides is 3. The van der Waals surface area contributed by atoms with E-state index in [1.54, 1.807) is 0 Å². The zero-order valence-corrected chi connectivity index (χ0v) is 10.6. The fourth-order valence-electron chi connectivity index (χ4n) is 1.56. The topological polar surface area (TPSA) is 72.9 Å². The molecule has 0 aliphatic heterocycles. The molecule has 5 nitrogen and oxygen atoms in total. The predicted molar refractivity (Wildman–Crippen MR) is 63.1 cm³/mol. The van der Waals surface area contributed by atoms with E-state index < -0.39 is 23.7 Å². The molecule has 0 spiro atoms. The second-order valence-corrected chi connectivity index (χ2v) is 4.19. The summed E-state index contributed by atoms with van der Waals surface area (Å²) in [5.74, 6) is -0.517. The quantitative estimate of drug-likeness (QED) is 0.785. The molecule has 108 valence electrons. The van der Waals surface area contributed by atoms with Gasteiger partial charge in [-0.2, -0.15) is 18.3 Å². The minimum Gasteiger partial charge on any atom is -0.368 e. The van der Waals surface area contributed by atoms with Crippen molar-refractivity contribution in [2.75, 3.05) is 6.54 Å². The van der Waals surface area contributed by atoms with Gasteiger partial charge in [-0.25, -0.2) is 0 Å². The number of halogens is 3. The average Bonchev–Trinajstić information content (AvgIpc) is 2.77. The fraction of sp³-hybridized carbons (Fsp3) is 0.636. The molecule has 1 atom stereocenters. The summed E-state index contributed by atoms with van der Waals surface area (Å²) in [6, 6.07) is -0.557. The number of amides is 1. The van der Waals surface area contributed by atoms with Crippen molar-refractivity contribution in [3.8, 4) is 0 Å². The Morgan fingerprint density at radius 3 is 2.74 bits per heavy atom. The molecule has 0 fully saturated rings. The summed E-state index contributed by atoms with van der Waals surface area (Å²) in [4.78, 5) is 11.1. The highest BCUT2D eigenvalue weighted by Gasteiger charge is 2.32. The molecule has 0 radical (unpaired) electrons. The monoisotopic (exact) mass is 278 g/mol. The van der Waals surface area contributed by atoms with E-state index in [0.717, 1.165) is 23.5 Å². The summed E-state index contributed by atoms with van der Waals surface area (Å²) in [6.07, 6.45) is -1.59. The highest BCUT2D eigenvalue weighted by molar-refractivity contribution is 5.79. The first-order valence-corrected chi connectivity index (χ1v) is 5.97. The van der Waals surface area contributed by atoms with Crippen molar-refractivity contribution < 1.29 is 18.0 Å². The van der Waals surface area contributed by atoms with E-state index in [1.807, 2.05) is 6.92 Å². The van der Waals surface area contributed by atoms with Crippen LogP contribution in [0.4, 0.5) is 13.2 Å². The van der Waals surface area contributed by atoms with Gasteiger partial charge < -0.3 is 11.1 Å². The van der Waals surface area contributed by atoms with Crippen LogP contribution in [0.5, 0.6) is 0 Å². The van der Waals surface area contributed by atoms with Crippen molar-refractivity contribution >= 4 is 5.91 Å². The summed E-state index contributed by atoms with van der Waals surface area (Å²) in [7, 11) is 0. The van der Waals surface area contributed by atoms with Crippen molar-refractivity contribution in [1.82, 2.24) is 15.1 Å². The summed E-state index contributed by atoms with van der Waals surface area (Å²) < 4.78 is 38.2. The molecule has 1 amide bonds. The molecule has 0 saturated heterocycles. The first-order valence-electron chi connectivity index (χ1n) is 5.97. The maximum atomic E-state index is 12.4. The van der Waals surface area contributed by atoms with E-state index in [2.05, 4.69) is 10.4 Å². The maximum absolute atomic E-state index is 12.4. The predicted octanol–water partition coefficient (Wildman–Crippen LogP) is 1.15. The summed E-state index contributed by atoms with van der Waals surface area (Å²) in [6.45, 7) is 2.76. The Balaban J connectivity index is 2.54. The van der Waals surface area contributed by atoms with Crippen LogP contribution in [-0.2, 0) is 17.5 Å². The zero-order chi connectivity index (χ0) is 14.5. The van der Waals surface area contributed by atoms with Crippen LogP contribution in [0.1, 0.15) is 25.3 Å². The Bertz CT molecular complexity index is 416. The molecule has 0 bridgehead atoms. The van der Waals surface area contributed by atoms with E-state index in [0.29, 0.717) is 13.0 Å². The lowest BCUT2D eigenvalue weighted by atomic mass is 10.2. The van der Waals surface area contributed by atoms with Gasteiger partial charge in [0.25, 0.3) is 0 Å². The second kappa shape index (κ2) is 6.55. The minimum atomic E-state index is -4.40. The summed E-state index contributed by atoms with van der Waals surface area (Å²) in [5.41, 5.74) is 4.40. The van der Waals surface area contributed by atoms with Gasteiger partial charge in [-0.1, -0.05) is 6.92 Å². The third-order valence-electron chi connectivity index (χ3n) is 2.59. The molecule has 1 heterocycles. The number of nitrogens with one attached hydrogen (secondary N) is 1. The number of aryl methyl sites for hydroxylation is 1. The number of nitrogens with zero attached hydrogens (tertiary/aromatic N) is 2. The molecule has 0 aliphatic carbocycles. The second-order valence-electron chi connectivity index (χ2n) is 4.19. The molecule has 1 rings (SSSR count). The molecule has 0 aliphatic rings. The number of primary amides is 1. The maximum Gasteiger partial charge on any atom is 0.419 e. The largest absolute Gasteiger partial charge is 0.419 e. The van der Waals surface area contributed by atoms with E-state index in [9.17, 15) is 18.0 Å². The molecule has 19 heavy (non-hydrogen) atoms. The van der Waals surface area contributed by atoms with Gasteiger partial charge in [0, 0.05) is 12.7 Å². The summed E-state index contributed by atoms with van der Waals surface area (Å²) >= 11 is 0. The van der Waals surface area contributed by atoms with E-state index in [-0.39, 0.29) is 6.54 Å². The summed E-state index contributed by atoms with van der Waals surface area (Å²) in [5, 5.41) is 6.55. The zero-order valence-electron chi connectivity index (χ0n) is 10.6. The van der Waals surface area contributed by atoms with Crippen molar-refractivity contribution in [3.63, 3.8) is 0 Å². The van der Waals surface area contributed by atoms with Gasteiger partial charge in [-0.15, -0.1) is 0 Å². The van der Waals surface area contributed by atoms with Crippen LogP contribution in [0.3, 0.4) is 0 Å². The van der Waals surface area contributed by atoms with Crippen LogP contribution in [0, 0.1) is 0 Å². The number of aromatic nitrogens is 2. The van der Waals surface area contributed by atoms with Crippen LogP contribution in [0.25, 0.3) is 0 Å². The number of hydrogen-bond donors (Lipinski definition) is 2. The van der Waals surface area contributed by atoms with Gasteiger partial charge in [0.2, 0.25) is 5.91 Å². The lowest BCUT2D eigenvalue weighted by Crippen LogP contribution is -2.42. The van der Waals surface area contributed by atoms with Crippen LogP contribution in [0.15, 0.2) is 12.4 Å². The average molecular weight is 278 g/mol. The normalized spacial score (nSPS) is 13.5. The number of nitrogens with two attached hydrogens (primary N) is 1. The van der Waals surface area contributed by atoms with Crippen LogP contribution >= 0.6 is 0 Å². The van der Waals surface area contributed by atoms with Gasteiger partial charge >= 0.3 is 6.18 Å². The molecule has 1 aromatic rings. The SMILES string of the molecule is CCCNC(CCn1cc(C(F)(F)F)cn1)C(N)=O. The number of carbonyl (C=O) groups excluding carboxylic acids is 1. The number of carbonyl (C=O) groups is 1. The Kier molecular flexibility index (Phi) is 5.34. The minimum absolute atomic E-state index is 0.195. The Hall–Kier alpha value is -1.57. The Labute approximate surface area is 109 Å². The molecule has 1 aromatic heterocycles. The van der Waals surface area contributed by atoms with Gasteiger partial charge in [-0.05, 0) is 19.4 Å². The smallest absolute Gasteiger partial charge is 0.368 e. The van der Waals surface area contributed by atoms with Crippen molar-refractivity contribution in [2.24, 2.45) is 5.73 Å². The van der Waals surface area contributed by atoms with E-state index >= 15 is 0 Å². The Morgan fingerprint density at radius 2 is 2.26 bits per heavy atom. The third kappa shape index (κ3) is 4.90. The Morgan fingerprint density at radius 1 is 1.58 bits per heavy atom. The fourth-order valence-corrected chi connectivity index (χ4v) is 1.56. The van der Waals surface area contributed by atoms with Crippen molar-refractivity contribution in [3.05, 3.63) is 18.0 Å². The number of rotatable bonds is 7. The third-order valence-corrected chi connectivity index (χ3v) is 2.59. The first-order chi connectivity index (χ1) is 8.84. The number of hydrogen-bond acceptors (Lipinski definition) is 3. The molecule has 8 heteroatoms. The lowest BCUT2D eigenvalue weighted by molar-refractivity contribution is -0.137. The van der Waals surface area contributed by atoms with Gasteiger partial charge in [0.15, 0.2) is 0 Å². The van der Waals surface area contributed by atoms with E-state index in [1.165, 1.54) is 0 Å². The first kappa shape index (κ1) is 15.5. The molecular weight excluding hydrogens is 261 g/mol. The lowest BCUT2D eigenvalue weighted by Gasteiger charge is -2.14. The van der Waals surface area contributed by atoms with Gasteiger partial charge in [0.1, 0.15) is 0 Å². The molecule has 0 aromatic carbocycles. The highest BCUT2D eigenvalue weighted by atomic mass is 19.4. The van der Waals surface area contributed by atoms with Crippen molar-refractivity contribution in [2.45, 2.75) is 38.5 Å². The molecule has 0 saturated carbocycles. The van der Waals surface area contributed by atoms with Crippen molar-refractivity contribution in [1.29, 1.82) is 0 Å². The van der Waals surface area contributed by atoms with Crippen LogP contribution in [-0.4, -0.2) is 28.3 Å². The molecule has 3 N–H and O–H groups in total. The molecule has 1 unspecified atom stereocenters. The highest BCUT2D eigenvalue weighted by Crippen LogP contribution is 2.28. The van der Waals surface area contributed by atoms with Gasteiger partial charge in [-0.3, -0.25) is 9.48 Å².